The Hall–Kier alpha value is -1.63. The van der Waals surface area contributed by atoms with Gasteiger partial charge in [0, 0.05) is 13.1 Å². The number of anilines is 2. The first-order valence-corrected chi connectivity index (χ1v) is 6.74. The van der Waals surface area contributed by atoms with Crippen molar-refractivity contribution in [2.45, 2.75) is 39.2 Å². The molecule has 7 nitrogen and oxygen atoms in total. The Bertz CT molecular complexity index is 423. The van der Waals surface area contributed by atoms with Crippen LogP contribution in [0.25, 0.3) is 0 Å². The Labute approximate surface area is 113 Å². The summed E-state index contributed by atoms with van der Waals surface area (Å²) in [6, 6.07) is 0.724. The van der Waals surface area contributed by atoms with Crippen molar-refractivity contribution in [2.75, 3.05) is 24.0 Å². The van der Waals surface area contributed by atoms with Crippen LogP contribution in [-0.2, 0) is 0 Å². The number of nitrogens with zero attached hydrogens (tertiary/aromatic N) is 4. The zero-order valence-electron chi connectivity index (χ0n) is 11.8. The van der Waals surface area contributed by atoms with Gasteiger partial charge in [-0.05, 0) is 32.1 Å². The summed E-state index contributed by atoms with van der Waals surface area (Å²) in [4.78, 5) is 14.8. The summed E-state index contributed by atoms with van der Waals surface area (Å²) in [5.41, 5.74) is 2.45. The summed E-state index contributed by atoms with van der Waals surface area (Å²) in [6.45, 7) is 4.80. The minimum absolute atomic E-state index is 0.314. The van der Waals surface area contributed by atoms with Crippen molar-refractivity contribution in [3.63, 3.8) is 0 Å². The third-order valence-electron chi connectivity index (χ3n) is 3.40. The largest absolute Gasteiger partial charge is 0.463 e. The fourth-order valence-corrected chi connectivity index (χ4v) is 1.90. The van der Waals surface area contributed by atoms with Gasteiger partial charge in [-0.3, -0.25) is 5.43 Å². The van der Waals surface area contributed by atoms with E-state index in [1.54, 1.807) is 0 Å². The van der Waals surface area contributed by atoms with E-state index in [-0.39, 0.29) is 0 Å². The molecule has 0 aliphatic heterocycles. The first-order valence-electron chi connectivity index (χ1n) is 6.74. The monoisotopic (exact) mass is 266 g/mol. The predicted molar refractivity (Wildman–Crippen MR) is 74.0 cm³/mol. The zero-order valence-corrected chi connectivity index (χ0v) is 11.8. The first-order chi connectivity index (χ1) is 9.15. The van der Waals surface area contributed by atoms with Gasteiger partial charge in [-0.15, -0.1) is 0 Å². The second kappa shape index (κ2) is 6.01. The van der Waals surface area contributed by atoms with Gasteiger partial charge in [-0.2, -0.15) is 15.0 Å². The van der Waals surface area contributed by atoms with Gasteiger partial charge in [-0.1, -0.05) is 6.92 Å². The Kier molecular flexibility index (Phi) is 4.36. The minimum atomic E-state index is 0.314. The molecule has 1 aliphatic carbocycles. The fourth-order valence-electron chi connectivity index (χ4n) is 1.90. The highest BCUT2D eigenvalue weighted by molar-refractivity contribution is 5.38. The van der Waals surface area contributed by atoms with Crippen LogP contribution in [0.1, 0.15) is 33.1 Å². The van der Waals surface area contributed by atoms with Gasteiger partial charge < -0.3 is 9.64 Å². The molecule has 1 saturated carbocycles. The lowest BCUT2D eigenvalue weighted by atomic mass is 10.2. The van der Waals surface area contributed by atoms with E-state index in [9.17, 15) is 0 Å². The van der Waals surface area contributed by atoms with Crippen LogP contribution in [0, 0.1) is 5.92 Å². The van der Waals surface area contributed by atoms with Gasteiger partial charge in [0.2, 0.25) is 11.9 Å². The lowest BCUT2D eigenvalue weighted by Crippen LogP contribution is -2.32. The smallest absolute Gasteiger partial charge is 0.323 e. The molecule has 7 heteroatoms. The Morgan fingerprint density at radius 3 is 2.74 bits per heavy atom. The average molecular weight is 266 g/mol. The van der Waals surface area contributed by atoms with Gasteiger partial charge in [0.25, 0.3) is 0 Å². The van der Waals surface area contributed by atoms with E-state index in [0.29, 0.717) is 30.6 Å². The second-order valence-electron chi connectivity index (χ2n) is 4.92. The number of nitrogen functional groups attached to an aromatic ring is 1. The van der Waals surface area contributed by atoms with Gasteiger partial charge >= 0.3 is 6.01 Å². The van der Waals surface area contributed by atoms with Crippen LogP contribution in [0.5, 0.6) is 6.01 Å². The van der Waals surface area contributed by atoms with E-state index >= 15 is 0 Å². The number of nitrogens with one attached hydrogen (secondary N) is 1. The molecule has 1 atom stereocenters. The van der Waals surface area contributed by atoms with Crippen LogP contribution >= 0.6 is 0 Å². The van der Waals surface area contributed by atoms with Crippen LogP contribution in [0.2, 0.25) is 0 Å². The predicted octanol–water partition coefficient (Wildman–Crippen LogP) is 1.18. The van der Waals surface area contributed by atoms with E-state index < -0.39 is 0 Å². The van der Waals surface area contributed by atoms with Crippen molar-refractivity contribution >= 4 is 11.9 Å². The summed E-state index contributed by atoms with van der Waals surface area (Å²) in [5.74, 6) is 7.04. The van der Waals surface area contributed by atoms with E-state index in [0.717, 1.165) is 12.3 Å². The summed E-state index contributed by atoms with van der Waals surface area (Å²) in [6.07, 6.45) is 3.45. The van der Waals surface area contributed by atoms with E-state index in [1.807, 2.05) is 14.0 Å². The molecule has 1 aliphatic rings. The molecule has 2 rings (SSSR count). The Balaban J connectivity index is 2.17. The number of hydrogen-bond donors (Lipinski definition) is 2. The van der Waals surface area contributed by atoms with E-state index in [2.05, 4.69) is 32.2 Å². The summed E-state index contributed by atoms with van der Waals surface area (Å²) >= 11 is 0. The van der Waals surface area contributed by atoms with Gasteiger partial charge in [0.1, 0.15) is 0 Å². The molecule has 0 amide bonds. The summed E-state index contributed by atoms with van der Waals surface area (Å²) in [5, 5.41) is 0. The average Bonchev–Trinajstić information content (AvgIpc) is 3.27. The highest BCUT2D eigenvalue weighted by Gasteiger charge is 2.31. The van der Waals surface area contributed by atoms with Crippen molar-refractivity contribution in [3.05, 3.63) is 0 Å². The van der Waals surface area contributed by atoms with Crippen LogP contribution in [-0.4, -0.2) is 34.6 Å². The Morgan fingerprint density at radius 1 is 1.42 bits per heavy atom. The lowest BCUT2D eigenvalue weighted by molar-refractivity contribution is 0.291. The molecule has 0 radical (unpaired) electrons. The van der Waals surface area contributed by atoms with Gasteiger partial charge in [0.15, 0.2) is 0 Å². The third kappa shape index (κ3) is 3.44. The van der Waals surface area contributed by atoms with E-state index in [1.165, 1.54) is 12.8 Å². The molecule has 3 N–H and O–H groups in total. The fraction of sp³-hybridized carbons (Fsp3) is 0.750. The molecular formula is C12H22N6O. The molecule has 0 saturated heterocycles. The standard InChI is InChI=1S/C12H22N6O/c1-4-7-19-12-15-10(17-13)14-11(16-12)18(3)8(2)9-5-6-9/h8-9H,4-7,13H2,1-3H3,(H,14,15,16,17). The highest BCUT2D eigenvalue weighted by atomic mass is 16.5. The van der Waals surface area contributed by atoms with Crippen LogP contribution < -0.4 is 20.9 Å². The van der Waals surface area contributed by atoms with Crippen molar-refractivity contribution in [1.29, 1.82) is 0 Å². The van der Waals surface area contributed by atoms with Crippen molar-refractivity contribution in [1.82, 2.24) is 15.0 Å². The molecule has 106 valence electrons. The maximum Gasteiger partial charge on any atom is 0.323 e. The molecule has 1 fully saturated rings. The number of ether oxygens (including phenoxy) is 1. The maximum atomic E-state index is 5.46. The number of nitrogens with two attached hydrogens (primary N) is 1. The van der Waals surface area contributed by atoms with Crippen LogP contribution in [0.3, 0.4) is 0 Å². The summed E-state index contributed by atoms with van der Waals surface area (Å²) in [7, 11) is 1.99. The molecule has 1 aromatic rings. The molecule has 0 aromatic carbocycles. The number of rotatable bonds is 7. The van der Waals surface area contributed by atoms with Crippen molar-refractivity contribution in [2.24, 2.45) is 11.8 Å². The molecule has 19 heavy (non-hydrogen) atoms. The normalized spacial score (nSPS) is 16.0. The zero-order chi connectivity index (χ0) is 13.8. The first kappa shape index (κ1) is 13.8. The second-order valence-corrected chi connectivity index (χ2v) is 4.92. The quantitative estimate of drug-likeness (QED) is 0.565. The number of hydrazine groups is 1. The molecule has 1 heterocycles. The van der Waals surface area contributed by atoms with E-state index in [4.69, 9.17) is 10.6 Å². The van der Waals surface area contributed by atoms with Crippen LogP contribution in [0.4, 0.5) is 11.9 Å². The number of aromatic nitrogens is 3. The van der Waals surface area contributed by atoms with Crippen molar-refractivity contribution in [3.8, 4) is 6.01 Å². The molecule has 0 spiro atoms. The van der Waals surface area contributed by atoms with Crippen molar-refractivity contribution < 1.29 is 4.74 Å². The highest BCUT2D eigenvalue weighted by Crippen LogP contribution is 2.35. The van der Waals surface area contributed by atoms with Gasteiger partial charge in [0.05, 0.1) is 6.61 Å². The molecule has 0 bridgehead atoms. The topological polar surface area (TPSA) is 89.2 Å². The summed E-state index contributed by atoms with van der Waals surface area (Å²) < 4.78 is 5.46. The molecule has 1 aromatic heterocycles. The lowest BCUT2D eigenvalue weighted by Gasteiger charge is -2.25. The maximum absolute atomic E-state index is 5.46. The third-order valence-corrected chi connectivity index (χ3v) is 3.40. The van der Waals surface area contributed by atoms with Gasteiger partial charge in [-0.25, -0.2) is 5.84 Å². The molecular weight excluding hydrogens is 244 g/mol. The SMILES string of the molecule is CCCOc1nc(NN)nc(N(C)C(C)C2CC2)n1. The van der Waals surface area contributed by atoms with Crippen LogP contribution in [0.15, 0.2) is 0 Å². The minimum Gasteiger partial charge on any atom is -0.463 e. The number of hydrogen-bond acceptors (Lipinski definition) is 7. The molecule has 1 unspecified atom stereocenters. The Morgan fingerprint density at radius 2 is 2.16 bits per heavy atom.